The Morgan fingerprint density at radius 1 is 1.28 bits per heavy atom. The third kappa shape index (κ3) is 3.18. The summed E-state index contributed by atoms with van der Waals surface area (Å²) in [6.45, 7) is 2.74. The van der Waals surface area contributed by atoms with Crippen LogP contribution in [-0.2, 0) is 13.2 Å². The summed E-state index contributed by atoms with van der Waals surface area (Å²) in [7, 11) is 0. The zero-order chi connectivity index (χ0) is 13.0. The van der Waals surface area contributed by atoms with Crippen molar-refractivity contribution in [2.45, 2.75) is 20.1 Å². The van der Waals surface area contributed by atoms with Crippen molar-refractivity contribution in [2.75, 3.05) is 0 Å². The lowest BCUT2D eigenvalue weighted by Crippen LogP contribution is -2.05. The molecule has 94 valence electrons. The highest BCUT2D eigenvalue weighted by Crippen LogP contribution is 2.12. The number of nitrogens with zero attached hydrogens (tertiary/aromatic N) is 2. The molecule has 0 aliphatic heterocycles. The summed E-state index contributed by atoms with van der Waals surface area (Å²) in [5.74, 6) is 0. The minimum atomic E-state index is 0.361. The molecule has 0 radical (unpaired) electrons. The lowest BCUT2D eigenvalue weighted by Gasteiger charge is -2.07. The number of aryl methyl sites for hydroxylation is 1. The van der Waals surface area contributed by atoms with E-state index >= 15 is 0 Å². The molecule has 0 fully saturated rings. The first-order chi connectivity index (χ1) is 8.69. The lowest BCUT2D eigenvalue weighted by molar-refractivity contribution is 0.279. The van der Waals surface area contributed by atoms with Crippen molar-refractivity contribution in [2.24, 2.45) is 5.73 Å². The fraction of sp³-hybridized carbons (Fsp3) is 0.231. The van der Waals surface area contributed by atoms with Gasteiger partial charge in [-0.2, -0.15) is 0 Å². The molecule has 0 aliphatic carbocycles. The van der Waals surface area contributed by atoms with Gasteiger partial charge in [0.1, 0.15) is 6.61 Å². The van der Waals surface area contributed by atoms with Crippen LogP contribution in [0.2, 0.25) is 5.02 Å². The van der Waals surface area contributed by atoms with Crippen LogP contribution in [0.1, 0.15) is 16.8 Å². The van der Waals surface area contributed by atoms with Gasteiger partial charge in [0.05, 0.1) is 0 Å². The van der Waals surface area contributed by atoms with Crippen LogP contribution in [0.15, 0.2) is 30.5 Å². The van der Waals surface area contributed by atoms with Gasteiger partial charge >= 0.3 is 6.01 Å². The Kier molecular flexibility index (Phi) is 4.12. The highest BCUT2D eigenvalue weighted by molar-refractivity contribution is 6.30. The van der Waals surface area contributed by atoms with Crippen molar-refractivity contribution in [1.82, 2.24) is 9.97 Å². The summed E-state index contributed by atoms with van der Waals surface area (Å²) in [6, 6.07) is 7.82. The molecule has 5 heteroatoms. The molecule has 2 rings (SSSR count). The molecule has 2 aromatic rings. The minimum absolute atomic E-state index is 0.361. The minimum Gasteiger partial charge on any atom is -0.459 e. The molecule has 0 unspecified atom stereocenters. The van der Waals surface area contributed by atoms with Crippen molar-refractivity contribution >= 4 is 11.6 Å². The van der Waals surface area contributed by atoms with Crippen LogP contribution in [-0.4, -0.2) is 9.97 Å². The van der Waals surface area contributed by atoms with Crippen LogP contribution < -0.4 is 10.5 Å². The van der Waals surface area contributed by atoms with Crippen LogP contribution >= 0.6 is 11.6 Å². The topological polar surface area (TPSA) is 61.0 Å². The Morgan fingerprint density at radius 2 is 2.00 bits per heavy atom. The van der Waals surface area contributed by atoms with Gasteiger partial charge in [-0.1, -0.05) is 23.7 Å². The zero-order valence-electron chi connectivity index (χ0n) is 10.1. The van der Waals surface area contributed by atoms with Crippen LogP contribution in [0.4, 0.5) is 0 Å². The van der Waals surface area contributed by atoms with Crippen LogP contribution in [0.3, 0.4) is 0 Å². The molecule has 0 saturated carbocycles. The zero-order valence-corrected chi connectivity index (χ0v) is 10.8. The Hall–Kier alpha value is -1.65. The average molecular weight is 264 g/mol. The number of hydrogen-bond donors (Lipinski definition) is 1. The van der Waals surface area contributed by atoms with E-state index in [1.54, 1.807) is 6.20 Å². The molecule has 0 saturated heterocycles. The fourth-order valence-electron chi connectivity index (χ4n) is 1.47. The van der Waals surface area contributed by atoms with E-state index in [-0.39, 0.29) is 0 Å². The number of nitrogens with two attached hydrogens (primary N) is 1. The van der Waals surface area contributed by atoms with E-state index in [2.05, 4.69) is 9.97 Å². The van der Waals surface area contributed by atoms with Crippen molar-refractivity contribution < 1.29 is 4.74 Å². The molecule has 1 aromatic heterocycles. The third-order valence-corrected chi connectivity index (χ3v) is 2.81. The predicted molar refractivity (Wildman–Crippen MR) is 70.4 cm³/mol. The maximum absolute atomic E-state index is 5.81. The van der Waals surface area contributed by atoms with Gasteiger partial charge in [0.25, 0.3) is 0 Å². The average Bonchev–Trinajstić information content (AvgIpc) is 2.38. The molecular weight excluding hydrogens is 250 g/mol. The fourth-order valence-corrected chi connectivity index (χ4v) is 1.60. The first kappa shape index (κ1) is 12.8. The predicted octanol–water partition coefficient (Wildman–Crippen LogP) is 2.48. The van der Waals surface area contributed by atoms with E-state index in [1.807, 2.05) is 31.2 Å². The number of rotatable bonds is 4. The van der Waals surface area contributed by atoms with Gasteiger partial charge in [0.2, 0.25) is 0 Å². The molecule has 0 spiro atoms. The number of hydrogen-bond acceptors (Lipinski definition) is 4. The number of ether oxygens (including phenoxy) is 1. The summed E-state index contributed by atoms with van der Waals surface area (Å²) in [5.41, 5.74) is 8.33. The summed E-state index contributed by atoms with van der Waals surface area (Å²) < 4.78 is 5.51. The number of aromatic nitrogens is 2. The standard InChI is InChI=1S/C13H14ClN3O/c1-9-11(6-15)7-16-13(17-9)18-8-10-2-4-12(14)5-3-10/h2-5,7H,6,8,15H2,1H3. The monoisotopic (exact) mass is 263 g/mol. The Labute approximate surface area is 111 Å². The highest BCUT2D eigenvalue weighted by atomic mass is 35.5. The normalized spacial score (nSPS) is 10.4. The Balaban J connectivity index is 2.02. The van der Waals surface area contributed by atoms with Crippen LogP contribution in [0.25, 0.3) is 0 Å². The smallest absolute Gasteiger partial charge is 0.316 e. The second kappa shape index (κ2) is 5.80. The molecular formula is C13H14ClN3O. The summed E-state index contributed by atoms with van der Waals surface area (Å²) in [6.07, 6.45) is 1.69. The van der Waals surface area contributed by atoms with Gasteiger partial charge in [0, 0.05) is 29.0 Å². The molecule has 0 aliphatic rings. The highest BCUT2D eigenvalue weighted by Gasteiger charge is 2.03. The SMILES string of the molecule is Cc1nc(OCc2ccc(Cl)cc2)ncc1CN. The first-order valence-electron chi connectivity index (χ1n) is 5.59. The van der Waals surface area contributed by atoms with Gasteiger partial charge in [-0.3, -0.25) is 0 Å². The summed E-state index contributed by atoms with van der Waals surface area (Å²) in [4.78, 5) is 8.34. The largest absolute Gasteiger partial charge is 0.459 e. The van der Waals surface area contributed by atoms with Crippen molar-refractivity contribution in [3.8, 4) is 6.01 Å². The van der Waals surface area contributed by atoms with E-state index < -0.39 is 0 Å². The third-order valence-electron chi connectivity index (χ3n) is 2.56. The van der Waals surface area contributed by atoms with Gasteiger partial charge in [-0.15, -0.1) is 0 Å². The van der Waals surface area contributed by atoms with Crippen molar-refractivity contribution in [3.63, 3.8) is 0 Å². The van der Waals surface area contributed by atoms with E-state index in [1.165, 1.54) is 0 Å². The second-order valence-corrected chi connectivity index (χ2v) is 4.32. The summed E-state index contributed by atoms with van der Waals surface area (Å²) >= 11 is 5.81. The molecule has 4 nitrogen and oxygen atoms in total. The van der Waals surface area contributed by atoms with Crippen molar-refractivity contribution in [3.05, 3.63) is 52.3 Å². The van der Waals surface area contributed by atoms with Crippen LogP contribution in [0.5, 0.6) is 6.01 Å². The maximum atomic E-state index is 5.81. The first-order valence-corrected chi connectivity index (χ1v) is 5.96. The summed E-state index contributed by atoms with van der Waals surface area (Å²) in [5, 5.41) is 0.707. The van der Waals surface area contributed by atoms with Crippen LogP contribution in [0, 0.1) is 6.92 Å². The maximum Gasteiger partial charge on any atom is 0.316 e. The van der Waals surface area contributed by atoms with E-state index in [9.17, 15) is 0 Å². The molecule has 0 amide bonds. The molecule has 1 heterocycles. The van der Waals surface area contributed by atoms with E-state index in [0.29, 0.717) is 24.2 Å². The molecule has 0 atom stereocenters. The van der Waals surface area contributed by atoms with Gasteiger partial charge in [0.15, 0.2) is 0 Å². The number of benzene rings is 1. The second-order valence-electron chi connectivity index (χ2n) is 3.88. The molecule has 2 N–H and O–H groups in total. The van der Waals surface area contributed by atoms with Gasteiger partial charge < -0.3 is 10.5 Å². The van der Waals surface area contributed by atoms with Gasteiger partial charge in [-0.05, 0) is 24.6 Å². The quantitative estimate of drug-likeness (QED) is 0.921. The molecule has 1 aromatic carbocycles. The van der Waals surface area contributed by atoms with E-state index in [4.69, 9.17) is 22.1 Å². The van der Waals surface area contributed by atoms with E-state index in [0.717, 1.165) is 16.8 Å². The van der Waals surface area contributed by atoms with Gasteiger partial charge in [-0.25, -0.2) is 9.97 Å². The number of halogens is 1. The molecule has 18 heavy (non-hydrogen) atoms. The lowest BCUT2D eigenvalue weighted by atomic mass is 10.2. The van der Waals surface area contributed by atoms with Crippen molar-refractivity contribution in [1.29, 1.82) is 0 Å². The Bertz CT molecular complexity index is 528. The molecule has 0 bridgehead atoms. The Morgan fingerprint density at radius 3 is 2.61 bits per heavy atom.